The number of hydrogen-bond acceptors (Lipinski definition) is 3. The maximum absolute atomic E-state index is 5.14. The second-order valence-corrected chi connectivity index (χ2v) is 3.94. The quantitative estimate of drug-likeness (QED) is 0.824. The zero-order valence-corrected chi connectivity index (χ0v) is 10.00. The van der Waals surface area contributed by atoms with Crippen LogP contribution in [-0.2, 0) is 19.4 Å². The van der Waals surface area contributed by atoms with Gasteiger partial charge in [0.15, 0.2) is 4.77 Å². The van der Waals surface area contributed by atoms with Crippen LogP contribution in [-0.4, -0.2) is 19.7 Å². The molecule has 2 aromatic rings. The van der Waals surface area contributed by atoms with Crippen LogP contribution in [0.25, 0.3) is 0 Å². The van der Waals surface area contributed by atoms with Crippen molar-refractivity contribution < 1.29 is 0 Å². The van der Waals surface area contributed by atoms with Gasteiger partial charge in [-0.25, -0.2) is 0 Å². The van der Waals surface area contributed by atoms with Gasteiger partial charge in [-0.15, -0.1) is 0 Å². The fraction of sp³-hybridized carbons (Fsp3) is 0.364. The van der Waals surface area contributed by atoms with Gasteiger partial charge in [0.1, 0.15) is 5.82 Å². The van der Waals surface area contributed by atoms with E-state index in [9.17, 15) is 0 Å². The van der Waals surface area contributed by atoms with Gasteiger partial charge in [-0.2, -0.15) is 5.10 Å². The summed E-state index contributed by atoms with van der Waals surface area (Å²) in [5.41, 5.74) is 1.22. The summed E-state index contributed by atoms with van der Waals surface area (Å²) in [5, 5.41) is 7.05. The summed E-state index contributed by atoms with van der Waals surface area (Å²) in [6, 6.07) is 4.02. The lowest BCUT2D eigenvalue weighted by molar-refractivity contribution is 0.682. The Hall–Kier alpha value is -1.49. The molecule has 0 fully saturated rings. The van der Waals surface area contributed by atoms with Gasteiger partial charge >= 0.3 is 0 Å². The lowest BCUT2D eigenvalue weighted by Gasteiger charge is -2.03. The molecule has 0 saturated heterocycles. The van der Waals surface area contributed by atoms with Crippen molar-refractivity contribution >= 4 is 12.2 Å². The second-order valence-electron chi connectivity index (χ2n) is 3.55. The standard InChI is InChI=1S/C11H14N4S/c1-2-15-10(13-14-11(15)16)6-5-9-4-3-7-12-8-9/h3-4,7-8H,2,5-6H2,1H3,(H,14,16). The number of H-pyrrole nitrogens is 1. The number of hydrogen-bond donors (Lipinski definition) is 1. The zero-order valence-electron chi connectivity index (χ0n) is 9.18. The summed E-state index contributed by atoms with van der Waals surface area (Å²) in [4.78, 5) is 4.09. The Balaban J connectivity index is 2.08. The van der Waals surface area contributed by atoms with E-state index in [1.807, 2.05) is 16.8 Å². The first-order valence-electron chi connectivity index (χ1n) is 5.34. The topological polar surface area (TPSA) is 46.5 Å². The molecule has 0 aliphatic rings. The third-order valence-electron chi connectivity index (χ3n) is 2.51. The molecule has 0 radical (unpaired) electrons. The average Bonchev–Trinajstić information content (AvgIpc) is 2.68. The monoisotopic (exact) mass is 234 g/mol. The van der Waals surface area contributed by atoms with Gasteiger partial charge < -0.3 is 4.57 Å². The summed E-state index contributed by atoms with van der Waals surface area (Å²) in [7, 11) is 0. The van der Waals surface area contributed by atoms with Crippen LogP contribution in [0.5, 0.6) is 0 Å². The van der Waals surface area contributed by atoms with Gasteiger partial charge in [0, 0.05) is 25.4 Å². The third-order valence-corrected chi connectivity index (χ3v) is 2.83. The largest absolute Gasteiger partial charge is 0.304 e. The molecule has 0 bridgehead atoms. The molecule has 84 valence electrons. The maximum atomic E-state index is 5.14. The molecule has 5 heteroatoms. The van der Waals surface area contributed by atoms with Crippen LogP contribution in [0.2, 0.25) is 0 Å². The summed E-state index contributed by atoms with van der Waals surface area (Å²) in [5.74, 6) is 1.01. The Morgan fingerprint density at radius 1 is 1.44 bits per heavy atom. The van der Waals surface area contributed by atoms with Crippen molar-refractivity contribution in [2.45, 2.75) is 26.3 Å². The fourth-order valence-corrected chi connectivity index (χ4v) is 1.95. The van der Waals surface area contributed by atoms with E-state index in [1.165, 1.54) is 5.56 Å². The number of nitrogens with one attached hydrogen (secondary N) is 1. The van der Waals surface area contributed by atoms with Crippen LogP contribution in [0.4, 0.5) is 0 Å². The predicted molar refractivity (Wildman–Crippen MR) is 64.7 cm³/mol. The highest BCUT2D eigenvalue weighted by atomic mass is 32.1. The molecule has 4 nitrogen and oxygen atoms in total. The number of aromatic amines is 1. The molecule has 0 atom stereocenters. The molecule has 0 unspecified atom stereocenters. The summed E-state index contributed by atoms with van der Waals surface area (Å²) in [6.45, 7) is 2.93. The smallest absolute Gasteiger partial charge is 0.195 e. The highest BCUT2D eigenvalue weighted by Crippen LogP contribution is 2.04. The summed E-state index contributed by atoms with van der Waals surface area (Å²) < 4.78 is 2.72. The van der Waals surface area contributed by atoms with Crippen molar-refractivity contribution in [2.75, 3.05) is 0 Å². The lowest BCUT2D eigenvalue weighted by atomic mass is 10.1. The Bertz CT molecular complexity index is 500. The Kier molecular flexibility index (Phi) is 3.46. The van der Waals surface area contributed by atoms with E-state index in [0.29, 0.717) is 4.77 Å². The van der Waals surface area contributed by atoms with Crippen LogP contribution >= 0.6 is 12.2 Å². The molecule has 0 aliphatic carbocycles. The number of aryl methyl sites for hydroxylation is 2. The third kappa shape index (κ3) is 2.36. The molecule has 2 aromatic heterocycles. The van der Waals surface area contributed by atoms with E-state index in [1.54, 1.807) is 6.20 Å². The molecule has 2 heterocycles. The molecule has 0 aliphatic heterocycles. The molecular formula is C11H14N4S. The van der Waals surface area contributed by atoms with Crippen molar-refractivity contribution in [3.8, 4) is 0 Å². The number of aromatic nitrogens is 4. The molecule has 0 amide bonds. The minimum atomic E-state index is 0.698. The molecule has 0 aromatic carbocycles. The van der Waals surface area contributed by atoms with E-state index in [4.69, 9.17) is 12.2 Å². The highest BCUT2D eigenvalue weighted by molar-refractivity contribution is 7.71. The van der Waals surface area contributed by atoms with Crippen LogP contribution < -0.4 is 0 Å². The van der Waals surface area contributed by atoms with Crippen LogP contribution in [0, 0.1) is 4.77 Å². The van der Waals surface area contributed by atoms with E-state index in [-0.39, 0.29) is 0 Å². The minimum Gasteiger partial charge on any atom is -0.304 e. The molecule has 0 spiro atoms. The highest BCUT2D eigenvalue weighted by Gasteiger charge is 2.04. The first-order valence-corrected chi connectivity index (χ1v) is 5.75. The van der Waals surface area contributed by atoms with Crippen molar-refractivity contribution in [1.29, 1.82) is 0 Å². The number of rotatable bonds is 4. The Morgan fingerprint density at radius 3 is 3.00 bits per heavy atom. The molecular weight excluding hydrogens is 220 g/mol. The van der Waals surface area contributed by atoms with Crippen molar-refractivity contribution in [2.24, 2.45) is 0 Å². The second kappa shape index (κ2) is 5.03. The van der Waals surface area contributed by atoms with Gasteiger partial charge in [-0.05, 0) is 37.2 Å². The van der Waals surface area contributed by atoms with E-state index in [0.717, 1.165) is 25.2 Å². The first kappa shape index (κ1) is 11.0. The summed E-state index contributed by atoms with van der Waals surface area (Å²) in [6.07, 6.45) is 5.49. The SMILES string of the molecule is CCn1c(CCc2cccnc2)n[nH]c1=S. The minimum absolute atomic E-state index is 0.698. The molecule has 2 rings (SSSR count). The predicted octanol–water partition coefficient (Wildman–Crippen LogP) is 2.14. The number of pyridine rings is 1. The van der Waals surface area contributed by atoms with Crippen molar-refractivity contribution in [3.05, 3.63) is 40.7 Å². The average molecular weight is 234 g/mol. The normalized spacial score (nSPS) is 10.6. The molecule has 0 saturated carbocycles. The van der Waals surface area contributed by atoms with Gasteiger partial charge in [-0.3, -0.25) is 10.1 Å². The lowest BCUT2D eigenvalue weighted by Crippen LogP contribution is -2.03. The molecule has 16 heavy (non-hydrogen) atoms. The van der Waals surface area contributed by atoms with Crippen molar-refractivity contribution in [1.82, 2.24) is 19.7 Å². The van der Waals surface area contributed by atoms with Gasteiger partial charge in [0.2, 0.25) is 0 Å². The summed E-state index contributed by atoms with van der Waals surface area (Å²) >= 11 is 5.14. The van der Waals surface area contributed by atoms with E-state index >= 15 is 0 Å². The van der Waals surface area contributed by atoms with Gasteiger partial charge in [-0.1, -0.05) is 6.07 Å². The van der Waals surface area contributed by atoms with Crippen LogP contribution in [0.1, 0.15) is 18.3 Å². The molecule has 1 N–H and O–H groups in total. The Labute approximate surface area is 99.4 Å². The Morgan fingerprint density at radius 2 is 2.31 bits per heavy atom. The van der Waals surface area contributed by atoms with E-state index < -0.39 is 0 Å². The number of nitrogens with zero attached hydrogens (tertiary/aromatic N) is 3. The van der Waals surface area contributed by atoms with Gasteiger partial charge in [0.05, 0.1) is 0 Å². The van der Waals surface area contributed by atoms with Gasteiger partial charge in [0.25, 0.3) is 0 Å². The van der Waals surface area contributed by atoms with Crippen LogP contribution in [0.3, 0.4) is 0 Å². The zero-order chi connectivity index (χ0) is 11.4. The van der Waals surface area contributed by atoms with Crippen molar-refractivity contribution in [3.63, 3.8) is 0 Å². The first-order chi connectivity index (χ1) is 7.81. The van der Waals surface area contributed by atoms with Crippen LogP contribution in [0.15, 0.2) is 24.5 Å². The van der Waals surface area contributed by atoms with E-state index in [2.05, 4.69) is 28.2 Å². The maximum Gasteiger partial charge on any atom is 0.195 e. The fourth-order valence-electron chi connectivity index (χ4n) is 1.67.